The minimum Gasteiger partial charge on any atom is -0.324 e. The fourth-order valence-electron chi connectivity index (χ4n) is 4.55. The van der Waals surface area contributed by atoms with Crippen LogP contribution in [0.25, 0.3) is 11.3 Å². The molecule has 0 radical (unpaired) electrons. The summed E-state index contributed by atoms with van der Waals surface area (Å²) in [4.78, 5) is 25.6. The first kappa shape index (κ1) is 23.4. The third kappa shape index (κ3) is 4.40. The standard InChI is InChI=1S/C25H28N6O3S/c1-29(2)19-12-13-31(16-19)35(33,34)20-10-8-18(9-11-20)27-25-26-15-17-14-23(32)30(3)22-7-5-4-6-21(22)24(17)28-25/h4-11,15,19H,12-14,16H2,1-3H3,(H,26,27,28)/t19-/m1/s1. The van der Waals surface area contributed by atoms with E-state index in [1.54, 1.807) is 46.7 Å². The van der Waals surface area contributed by atoms with Crippen molar-refractivity contribution in [3.8, 4) is 11.3 Å². The summed E-state index contributed by atoms with van der Waals surface area (Å²) in [5.41, 5.74) is 3.81. The molecule has 182 valence electrons. The SMILES string of the molecule is CN1C(=O)Cc2cnc(Nc3ccc(S(=O)(=O)N4CC[C@@H](N(C)C)C4)cc3)nc2-c2ccccc21. The Kier molecular flexibility index (Phi) is 6.04. The van der Waals surface area contributed by atoms with Gasteiger partial charge in [-0.15, -0.1) is 0 Å². The molecule has 2 aromatic carbocycles. The number of carbonyl (C=O) groups is 1. The van der Waals surface area contributed by atoms with E-state index < -0.39 is 10.0 Å². The van der Waals surface area contributed by atoms with Crippen LogP contribution < -0.4 is 10.2 Å². The molecule has 10 heteroatoms. The lowest BCUT2D eigenvalue weighted by molar-refractivity contribution is -0.117. The summed E-state index contributed by atoms with van der Waals surface area (Å²) in [5, 5.41) is 3.16. The van der Waals surface area contributed by atoms with Crippen molar-refractivity contribution in [2.24, 2.45) is 0 Å². The minimum absolute atomic E-state index is 0.0211. The van der Waals surface area contributed by atoms with Crippen molar-refractivity contribution in [3.63, 3.8) is 0 Å². The monoisotopic (exact) mass is 492 g/mol. The van der Waals surface area contributed by atoms with Crippen LogP contribution in [0.15, 0.2) is 59.6 Å². The summed E-state index contributed by atoms with van der Waals surface area (Å²) in [6.45, 7) is 1.02. The van der Waals surface area contributed by atoms with Gasteiger partial charge in [0.25, 0.3) is 0 Å². The number of carbonyl (C=O) groups excluding carboxylic acids is 1. The van der Waals surface area contributed by atoms with Crippen LogP contribution in [-0.2, 0) is 21.2 Å². The van der Waals surface area contributed by atoms with E-state index in [2.05, 4.69) is 15.2 Å². The molecule has 9 nitrogen and oxygen atoms in total. The van der Waals surface area contributed by atoms with E-state index in [9.17, 15) is 13.2 Å². The molecule has 0 spiro atoms. The zero-order valence-electron chi connectivity index (χ0n) is 20.0. The Hall–Kier alpha value is -3.34. The van der Waals surface area contributed by atoms with E-state index in [0.29, 0.717) is 30.4 Å². The Balaban J connectivity index is 1.38. The molecule has 2 aliphatic heterocycles. The predicted octanol–water partition coefficient (Wildman–Crippen LogP) is 2.73. The lowest BCUT2D eigenvalue weighted by Crippen LogP contribution is -2.34. The van der Waals surface area contributed by atoms with Crippen LogP contribution >= 0.6 is 0 Å². The highest BCUT2D eigenvalue weighted by atomic mass is 32.2. The molecule has 1 fully saturated rings. The van der Waals surface area contributed by atoms with Gasteiger partial charge in [-0.2, -0.15) is 4.31 Å². The molecule has 1 amide bonds. The van der Waals surface area contributed by atoms with Crippen LogP contribution in [0.4, 0.5) is 17.3 Å². The summed E-state index contributed by atoms with van der Waals surface area (Å²) in [6.07, 6.45) is 2.72. The first-order chi connectivity index (χ1) is 16.7. The second kappa shape index (κ2) is 9.03. The Morgan fingerprint density at radius 1 is 1.09 bits per heavy atom. The maximum absolute atomic E-state index is 13.1. The number of rotatable bonds is 5. The molecule has 1 N–H and O–H groups in total. The number of para-hydroxylation sites is 1. The number of benzene rings is 2. The number of aromatic nitrogens is 2. The fraction of sp³-hybridized carbons (Fsp3) is 0.320. The minimum atomic E-state index is -3.54. The van der Waals surface area contributed by atoms with E-state index in [0.717, 1.165) is 23.2 Å². The van der Waals surface area contributed by atoms with Gasteiger partial charge in [0, 0.05) is 49.2 Å². The predicted molar refractivity (Wildman–Crippen MR) is 135 cm³/mol. The topological polar surface area (TPSA) is 98.7 Å². The average Bonchev–Trinajstić information content (AvgIpc) is 3.33. The van der Waals surface area contributed by atoms with Gasteiger partial charge in [-0.1, -0.05) is 18.2 Å². The van der Waals surface area contributed by atoms with E-state index >= 15 is 0 Å². The number of hydrogen-bond acceptors (Lipinski definition) is 7. The summed E-state index contributed by atoms with van der Waals surface area (Å²) in [5.74, 6) is 0.353. The van der Waals surface area contributed by atoms with Crippen molar-refractivity contribution in [2.75, 3.05) is 44.4 Å². The molecule has 2 aliphatic rings. The summed E-state index contributed by atoms with van der Waals surface area (Å²) in [6, 6.07) is 14.5. The molecular formula is C25H28N6O3S. The van der Waals surface area contributed by atoms with Gasteiger partial charge in [-0.05, 0) is 50.8 Å². The molecule has 1 aromatic heterocycles. The average molecular weight is 493 g/mol. The Bertz CT molecular complexity index is 1370. The Morgan fingerprint density at radius 3 is 2.54 bits per heavy atom. The van der Waals surface area contributed by atoms with Crippen molar-refractivity contribution in [2.45, 2.75) is 23.8 Å². The molecule has 0 aliphatic carbocycles. The van der Waals surface area contributed by atoms with E-state index in [4.69, 9.17) is 4.98 Å². The van der Waals surface area contributed by atoms with E-state index in [-0.39, 0.29) is 23.3 Å². The first-order valence-corrected chi connectivity index (χ1v) is 12.9. The number of anilines is 3. The number of amides is 1. The summed E-state index contributed by atoms with van der Waals surface area (Å²) in [7, 11) is 2.16. The van der Waals surface area contributed by atoms with Crippen molar-refractivity contribution in [1.82, 2.24) is 19.2 Å². The highest BCUT2D eigenvalue weighted by Crippen LogP contribution is 2.35. The second-order valence-corrected chi connectivity index (χ2v) is 11.1. The number of nitrogens with zero attached hydrogens (tertiary/aromatic N) is 5. The van der Waals surface area contributed by atoms with Crippen molar-refractivity contribution in [1.29, 1.82) is 0 Å². The molecule has 1 atom stereocenters. The van der Waals surface area contributed by atoms with Crippen LogP contribution in [0.5, 0.6) is 0 Å². The lowest BCUT2D eigenvalue weighted by Gasteiger charge is -2.20. The van der Waals surface area contributed by atoms with Crippen LogP contribution in [0.3, 0.4) is 0 Å². The third-order valence-electron chi connectivity index (χ3n) is 6.71. The van der Waals surface area contributed by atoms with Gasteiger partial charge < -0.3 is 15.1 Å². The number of likely N-dealkylation sites (N-methyl/N-ethyl adjacent to an activating group) is 2. The van der Waals surface area contributed by atoms with Gasteiger partial charge in [0.2, 0.25) is 21.9 Å². The van der Waals surface area contributed by atoms with E-state index in [1.807, 2.05) is 38.4 Å². The highest BCUT2D eigenvalue weighted by Gasteiger charge is 2.33. The summed E-state index contributed by atoms with van der Waals surface area (Å²) >= 11 is 0. The second-order valence-electron chi connectivity index (χ2n) is 9.13. The summed E-state index contributed by atoms with van der Waals surface area (Å²) < 4.78 is 27.7. The number of hydrogen-bond donors (Lipinski definition) is 1. The molecule has 35 heavy (non-hydrogen) atoms. The molecule has 0 unspecified atom stereocenters. The van der Waals surface area contributed by atoms with Crippen LogP contribution in [0.1, 0.15) is 12.0 Å². The van der Waals surface area contributed by atoms with Gasteiger partial charge in [0.05, 0.1) is 22.7 Å². The normalized spacial score (nSPS) is 18.3. The lowest BCUT2D eigenvalue weighted by atomic mass is 10.1. The Labute approximate surface area is 205 Å². The largest absolute Gasteiger partial charge is 0.324 e. The third-order valence-corrected chi connectivity index (χ3v) is 8.58. The smallest absolute Gasteiger partial charge is 0.243 e. The molecule has 3 heterocycles. The van der Waals surface area contributed by atoms with Gasteiger partial charge >= 0.3 is 0 Å². The maximum atomic E-state index is 13.1. The van der Waals surface area contributed by atoms with Crippen LogP contribution in [0.2, 0.25) is 0 Å². The van der Waals surface area contributed by atoms with Crippen molar-refractivity contribution >= 4 is 33.3 Å². The van der Waals surface area contributed by atoms with Crippen molar-refractivity contribution in [3.05, 3.63) is 60.3 Å². The van der Waals surface area contributed by atoms with Gasteiger partial charge in [-0.3, -0.25) is 4.79 Å². The number of sulfonamides is 1. The van der Waals surface area contributed by atoms with Gasteiger partial charge in [0.15, 0.2) is 0 Å². The van der Waals surface area contributed by atoms with Crippen molar-refractivity contribution < 1.29 is 13.2 Å². The molecular weight excluding hydrogens is 464 g/mol. The van der Waals surface area contributed by atoms with Crippen LogP contribution in [0, 0.1) is 0 Å². The number of fused-ring (bicyclic) bond motifs is 3. The van der Waals surface area contributed by atoms with Crippen LogP contribution in [-0.4, -0.2) is 73.8 Å². The molecule has 3 aromatic rings. The van der Waals surface area contributed by atoms with E-state index in [1.165, 1.54) is 0 Å². The quantitative estimate of drug-likeness (QED) is 0.585. The van der Waals surface area contributed by atoms with Gasteiger partial charge in [-0.25, -0.2) is 18.4 Å². The highest BCUT2D eigenvalue weighted by molar-refractivity contribution is 7.89. The zero-order valence-corrected chi connectivity index (χ0v) is 20.8. The molecule has 1 saturated heterocycles. The molecule has 0 bridgehead atoms. The Morgan fingerprint density at radius 2 is 1.83 bits per heavy atom. The number of nitrogens with one attached hydrogen (secondary N) is 1. The molecule has 0 saturated carbocycles. The molecule has 5 rings (SSSR count). The zero-order chi connectivity index (χ0) is 24.7. The van der Waals surface area contributed by atoms with Gasteiger partial charge in [0.1, 0.15) is 0 Å². The maximum Gasteiger partial charge on any atom is 0.243 e. The first-order valence-electron chi connectivity index (χ1n) is 11.5. The fourth-order valence-corrected chi connectivity index (χ4v) is 6.04.